The summed E-state index contributed by atoms with van der Waals surface area (Å²) in [4.78, 5) is 12.9. The third-order valence-electron chi connectivity index (χ3n) is 3.63. The molecular weight excluding hydrogens is 401 g/mol. The van der Waals surface area contributed by atoms with Crippen molar-refractivity contribution < 1.29 is 22.7 Å². The van der Waals surface area contributed by atoms with Crippen LogP contribution in [0.4, 0.5) is 0 Å². The monoisotopic (exact) mass is 417 g/mol. The van der Waals surface area contributed by atoms with Gasteiger partial charge in [-0.2, -0.15) is 0 Å². The molecule has 140 valence electrons. The summed E-state index contributed by atoms with van der Waals surface area (Å²) in [5, 5.41) is 0.409. The van der Waals surface area contributed by atoms with Gasteiger partial charge in [0.1, 0.15) is 16.4 Å². The number of ketones is 1. The predicted octanol–water partition coefficient (Wildman–Crippen LogP) is 3.49. The van der Waals surface area contributed by atoms with E-state index in [0.717, 1.165) is 4.31 Å². The van der Waals surface area contributed by atoms with Gasteiger partial charge in [0.25, 0.3) is 0 Å². The molecule has 2 rings (SSSR count). The number of rotatable bonds is 6. The summed E-state index contributed by atoms with van der Waals surface area (Å²) in [6.45, 7) is 0. The van der Waals surface area contributed by atoms with Gasteiger partial charge >= 0.3 is 0 Å². The van der Waals surface area contributed by atoms with Gasteiger partial charge in [-0.3, -0.25) is 4.79 Å². The molecule has 0 N–H and O–H groups in total. The van der Waals surface area contributed by atoms with Gasteiger partial charge < -0.3 is 9.47 Å². The first kappa shape index (κ1) is 20.5. The number of carbonyl (C=O) groups is 1. The molecule has 9 heteroatoms. The third-order valence-corrected chi connectivity index (χ3v) is 5.91. The number of methoxy groups -OCH3 is 2. The van der Waals surface area contributed by atoms with Crippen LogP contribution in [0, 0.1) is 0 Å². The maximum Gasteiger partial charge on any atom is 0.246 e. The van der Waals surface area contributed by atoms with E-state index in [4.69, 9.17) is 32.7 Å². The highest BCUT2D eigenvalue weighted by atomic mass is 35.5. The first-order valence-corrected chi connectivity index (χ1v) is 9.51. The third kappa shape index (κ3) is 3.81. The number of benzene rings is 2. The van der Waals surface area contributed by atoms with Crippen molar-refractivity contribution in [2.24, 2.45) is 0 Å². The zero-order chi connectivity index (χ0) is 19.6. The first-order chi connectivity index (χ1) is 12.1. The van der Waals surface area contributed by atoms with Gasteiger partial charge in [-0.25, -0.2) is 12.7 Å². The van der Waals surface area contributed by atoms with Crippen molar-refractivity contribution in [3.8, 4) is 11.5 Å². The van der Waals surface area contributed by atoms with Crippen LogP contribution < -0.4 is 9.47 Å². The average Bonchev–Trinajstić information content (AvgIpc) is 2.60. The lowest BCUT2D eigenvalue weighted by Gasteiger charge is -2.18. The summed E-state index contributed by atoms with van der Waals surface area (Å²) in [5.74, 6) is -0.340. The van der Waals surface area contributed by atoms with Crippen molar-refractivity contribution in [1.82, 2.24) is 4.31 Å². The van der Waals surface area contributed by atoms with E-state index in [0.29, 0.717) is 10.8 Å². The Labute approximate surface area is 162 Å². The number of nitrogens with zero attached hydrogens (tertiary/aromatic N) is 1. The quantitative estimate of drug-likeness (QED) is 0.672. The fraction of sp³-hybridized carbons (Fsp3) is 0.235. The lowest BCUT2D eigenvalue weighted by atomic mass is 10.0. The normalized spacial score (nSPS) is 11.5. The Kier molecular flexibility index (Phi) is 6.18. The van der Waals surface area contributed by atoms with Gasteiger partial charge in [0.05, 0.1) is 25.3 Å². The SMILES string of the molecule is COc1ccc(Cl)cc1C(=O)c1cc(Cl)cc(S(=O)(=O)N(C)C)c1OC. The lowest BCUT2D eigenvalue weighted by molar-refractivity contribution is 0.103. The van der Waals surface area contributed by atoms with Crippen molar-refractivity contribution in [2.45, 2.75) is 4.90 Å². The standard InChI is InChI=1S/C17H17Cl2NO5S/c1-20(2)26(22,23)15-9-11(19)8-13(17(15)25-4)16(21)12-7-10(18)5-6-14(12)24-3/h5-9H,1-4H3. The summed E-state index contributed by atoms with van der Waals surface area (Å²) in [6.07, 6.45) is 0. The van der Waals surface area contributed by atoms with Crippen LogP contribution in [0.3, 0.4) is 0 Å². The highest BCUT2D eigenvalue weighted by Gasteiger charge is 2.29. The van der Waals surface area contributed by atoms with E-state index in [9.17, 15) is 13.2 Å². The summed E-state index contributed by atoms with van der Waals surface area (Å²) < 4.78 is 36.6. The van der Waals surface area contributed by atoms with Gasteiger partial charge in [0.15, 0.2) is 0 Å². The average molecular weight is 418 g/mol. The number of hydrogen-bond donors (Lipinski definition) is 0. The molecular formula is C17H17Cl2NO5S. The Hall–Kier alpha value is -1.80. The molecule has 6 nitrogen and oxygen atoms in total. The maximum absolute atomic E-state index is 13.1. The molecule has 0 heterocycles. The second-order valence-corrected chi connectivity index (χ2v) is 8.44. The van der Waals surface area contributed by atoms with Crippen molar-refractivity contribution in [2.75, 3.05) is 28.3 Å². The van der Waals surface area contributed by atoms with E-state index in [2.05, 4.69) is 0 Å². The van der Waals surface area contributed by atoms with Gasteiger partial charge in [0.2, 0.25) is 15.8 Å². The predicted molar refractivity (Wildman–Crippen MR) is 100 cm³/mol. The minimum absolute atomic E-state index is 0.0130. The first-order valence-electron chi connectivity index (χ1n) is 7.31. The lowest BCUT2D eigenvalue weighted by Crippen LogP contribution is -2.23. The van der Waals surface area contributed by atoms with E-state index in [1.807, 2.05) is 0 Å². The second kappa shape index (κ2) is 7.84. The van der Waals surface area contributed by atoms with E-state index in [-0.39, 0.29) is 26.8 Å². The van der Waals surface area contributed by atoms with Gasteiger partial charge in [-0.05, 0) is 30.3 Å². The number of carbonyl (C=O) groups excluding carboxylic acids is 1. The summed E-state index contributed by atoms with van der Waals surface area (Å²) in [7, 11) is 1.55. The molecule has 0 atom stereocenters. The Morgan fingerprint density at radius 3 is 2.12 bits per heavy atom. The largest absolute Gasteiger partial charge is 0.496 e. The molecule has 0 saturated heterocycles. The molecule has 0 aromatic heterocycles. The van der Waals surface area contributed by atoms with E-state index in [1.54, 1.807) is 12.1 Å². The van der Waals surface area contributed by atoms with Gasteiger partial charge in [-0.15, -0.1) is 0 Å². The van der Waals surface area contributed by atoms with Crippen LogP contribution in [0.1, 0.15) is 15.9 Å². The maximum atomic E-state index is 13.1. The van der Waals surface area contributed by atoms with Crippen LogP contribution >= 0.6 is 23.2 Å². The fourth-order valence-electron chi connectivity index (χ4n) is 2.34. The summed E-state index contributed by atoms with van der Waals surface area (Å²) in [5.41, 5.74) is 0.148. The minimum Gasteiger partial charge on any atom is -0.496 e. The fourth-order valence-corrected chi connectivity index (χ4v) is 3.89. The Balaban J connectivity index is 2.77. The van der Waals surface area contributed by atoms with Crippen molar-refractivity contribution in [3.05, 3.63) is 51.5 Å². The van der Waals surface area contributed by atoms with E-state index < -0.39 is 15.8 Å². The van der Waals surface area contributed by atoms with Crippen LogP contribution in [-0.4, -0.2) is 46.8 Å². The highest BCUT2D eigenvalue weighted by Crippen LogP contribution is 2.36. The van der Waals surface area contributed by atoms with Crippen LogP contribution in [-0.2, 0) is 10.0 Å². The molecule has 2 aromatic rings. The topological polar surface area (TPSA) is 72.9 Å². The molecule has 0 unspecified atom stereocenters. The van der Waals surface area contributed by atoms with Crippen molar-refractivity contribution in [1.29, 1.82) is 0 Å². The van der Waals surface area contributed by atoms with E-state index in [1.165, 1.54) is 46.5 Å². The zero-order valence-corrected chi connectivity index (χ0v) is 16.9. The molecule has 0 aliphatic carbocycles. The minimum atomic E-state index is -3.89. The summed E-state index contributed by atoms with van der Waals surface area (Å²) in [6, 6.07) is 7.14. The van der Waals surface area contributed by atoms with Crippen LogP contribution in [0.25, 0.3) is 0 Å². The Bertz CT molecular complexity index is 958. The molecule has 0 fully saturated rings. The summed E-state index contributed by atoms with van der Waals surface area (Å²) >= 11 is 12.1. The van der Waals surface area contributed by atoms with Crippen molar-refractivity contribution in [3.63, 3.8) is 0 Å². The van der Waals surface area contributed by atoms with E-state index >= 15 is 0 Å². The number of hydrogen-bond acceptors (Lipinski definition) is 5. The van der Waals surface area contributed by atoms with Crippen LogP contribution in [0.15, 0.2) is 35.2 Å². The Morgan fingerprint density at radius 1 is 0.962 bits per heavy atom. The molecule has 0 saturated carbocycles. The number of sulfonamides is 1. The molecule has 0 aliphatic heterocycles. The number of halogens is 2. The van der Waals surface area contributed by atoms with Crippen LogP contribution in [0.2, 0.25) is 10.0 Å². The molecule has 0 spiro atoms. The molecule has 0 amide bonds. The Morgan fingerprint density at radius 2 is 1.58 bits per heavy atom. The second-order valence-electron chi connectivity index (χ2n) is 5.45. The smallest absolute Gasteiger partial charge is 0.246 e. The van der Waals surface area contributed by atoms with Gasteiger partial charge in [-0.1, -0.05) is 23.2 Å². The highest BCUT2D eigenvalue weighted by molar-refractivity contribution is 7.89. The molecule has 26 heavy (non-hydrogen) atoms. The van der Waals surface area contributed by atoms with Crippen molar-refractivity contribution >= 4 is 39.0 Å². The number of ether oxygens (including phenoxy) is 2. The van der Waals surface area contributed by atoms with Crippen LogP contribution in [0.5, 0.6) is 11.5 Å². The van der Waals surface area contributed by atoms with Gasteiger partial charge in [0, 0.05) is 24.1 Å². The molecule has 0 radical (unpaired) electrons. The molecule has 2 aromatic carbocycles. The molecule has 0 bridgehead atoms. The zero-order valence-electron chi connectivity index (χ0n) is 14.5. The molecule has 0 aliphatic rings.